The summed E-state index contributed by atoms with van der Waals surface area (Å²) in [4.78, 5) is 29.4. The number of nitrogens with one attached hydrogen (secondary N) is 1. The van der Waals surface area contributed by atoms with Crippen LogP contribution in [-0.2, 0) is 9.53 Å². The molecule has 0 aromatic carbocycles. The Labute approximate surface area is 104 Å². The van der Waals surface area contributed by atoms with E-state index < -0.39 is 0 Å². The van der Waals surface area contributed by atoms with Gasteiger partial charge in [0.2, 0.25) is 0 Å². The monoisotopic (exact) mass is 256 g/mol. The van der Waals surface area contributed by atoms with Crippen LogP contribution in [0.5, 0.6) is 0 Å². The lowest BCUT2D eigenvalue weighted by Crippen LogP contribution is -2.22. The summed E-state index contributed by atoms with van der Waals surface area (Å²) >= 11 is 1.36. The fraction of sp³-hybridized carbons (Fsp3) is 0.545. The van der Waals surface area contributed by atoms with E-state index in [0.29, 0.717) is 10.9 Å². The number of carbonyl (C=O) groups excluding carboxylic acids is 1. The molecule has 2 unspecified atom stereocenters. The Bertz CT molecular complexity index is 458. The highest BCUT2D eigenvalue weighted by molar-refractivity contribution is 7.99. The highest BCUT2D eigenvalue weighted by atomic mass is 32.2. The average molecular weight is 256 g/mol. The van der Waals surface area contributed by atoms with Gasteiger partial charge in [-0.15, -0.1) is 0 Å². The minimum atomic E-state index is -0.264. The zero-order valence-corrected chi connectivity index (χ0v) is 11.1. The largest absolute Gasteiger partial charge is 0.469 e. The number of hydrogen-bond acceptors (Lipinski definition) is 5. The molecule has 17 heavy (non-hydrogen) atoms. The summed E-state index contributed by atoms with van der Waals surface area (Å²) in [6.07, 6.45) is 0. The van der Waals surface area contributed by atoms with Gasteiger partial charge >= 0.3 is 5.97 Å². The molecule has 0 spiro atoms. The molecule has 0 amide bonds. The number of thioether (sulfide) groups is 1. The maximum absolute atomic E-state index is 11.3. The van der Waals surface area contributed by atoms with Gasteiger partial charge in [0.1, 0.15) is 0 Å². The number of rotatable bonds is 4. The minimum Gasteiger partial charge on any atom is -0.469 e. The van der Waals surface area contributed by atoms with E-state index in [1.807, 2.05) is 6.92 Å². The van der Waals surface area contributed by atoms with Gasteiger partial charge in [-0.2, -0.15) is 0 Å². The zero-order chi connectivity index (χ0) is 13.0. The van der Waals surface area contributed by atoms with E-state index in [-0.39, 0.29) is 22.7 Å². The molecule has 0 saturated heterocycles. The lowest BCUT2D eigenvalue weighted by Gasteiger charge is -2.16. The van der Waals surface area contributed by atoms with Gasteiger partial charge in [-0.05, 0) is 6.92 Å². The molecule has 0 bridgehead atoms. The molecule has 1 N–H and O–H groups in total. The van der Waals surface area contributed by atoms with Crippen molar-refractivity contribution in [1.29, 1.82) is 0 Å². The Morgan fingerprint density at radius 3 is 2.71 bits per heavy atom. The second kappa shape index (κ2) is 5.86. The number of methoxy groups -OCH3 is 1. The van der Waals surface area contributed by atoms with E-state index in [2.05, 4.69) is 14.7 Å². The molecule has 1 rings (SSSR count). The quantitative estimate of drug-likeness (QED) is 0.500. The van der Waals surface area contributed by atoms with E-state index in [1.165, 1.54) is 24.9 Å². The molecule has 1 heterocycles. The standard InChI is InChI=1S/C11H16N2O3S/c1-6-5-9(14)13-11(12-6)17-8(3)7(2)10(15)16-4/h5,7-8H,1-4H3,(H,12,13,14). The highest BCUT2D eigenvalue weighted by Crippen LogP contribution is 2.25. The smallest absolute Gasteiger partial charge is 0.309 e. The van der Waals surface area contributed by atoms with Crippen LogP contribution in [0.1, 0.15) is 19.5 Å². The Morgan fingerprint density at radius 1 is 1.53 bits per heavy atom. The van der Waals surface area contributed by atoms with Gasteiger partial charge in [-0.25, -0.2) is 4.98 Å². The zero-order valence-electron chi connectivity index (χ0n) is 10.3. The second-order valence-corrected chi connectivity index (χ2v) is 5.19. The molecule has 0 saturated carbocycles. The topological polar surface area (TPSA) is 72.0 Å². The molecular formula is C11H16N2O3S. The van der Waals surface area contributed by atoms with Gasteiger partial charge in [0.25, 0.3) is 5.56 Å². The van der Waals surface area contributed by atoms with Crippen molar-refractivity contribution >= 4 is 17.7 Å². The third kappa shape index (κ3) is 3.89. The fourth-order valence-electron chi connectivity index (χ4n) is 1.26. The van der Waals surface area contributed by atoms with Crippen LogP contribution in [0.3, 0.4) is 0 Å². The maximum Gasteiger partial charge on any atom is 0.309 e. The van der Waals surface area contributed by atoms with E-state index in [0.717, 1.165) is 0 Å². The van der Waals surface area contributed by atoms with E-state index in [4.69, 9.17) is 0 Å². The van der Waals surface area contributed by atoms with Crippen molar-refractivity contribution in [2.24, 2.45) is 5.92 Å². The van der Waals surface area contributed by atoms with Crippen molar-refractivity contribution in [2.75, 3.05) is 7.11 Å². The SMILES string of the molecule is COC(=O)C(C)C(C)Sc1nc(C)cc(=O)[nH]1. The van der Waals surface area contributed by atoms with Crippen molar-refractivity contribution in [3.8, 4) is 0 Å². The number of esters is 1. The Kier molecular flexibility index (Phi) is 4.74. The van der Waals surface area contributed by atoms with Crippen LogP contribution in [0, 0.1) is 12.8 Å². The van der Waals surface area contributed by atoms with Crippen molar-refractivity contribution in [2.45, 2.75) is 31.2 Å². The molecule has 0 aliphatic carbocycles. The third-order valence-corrected chi connectivity index (χ3v) is 3.62. The summed E-state index contributed by atoms with van der Waals surface area (Å²) in [5.41, 5.74) is 0.479. The Morgan fingerprint density at radius 2 is 2.18 bits per heavy atom. The highest BCUT2D eigenvalue weighted by Gasteiger charge is 2.22. The molecule has 6 heteroatoms. The maximum atomic E-state index is 11.3. The van der Waals surface area contributed by atoms with Crippen LogP contribution in [-0.4, -0.2) is 28.3 Å². The normalized spacial score (nSPS) is 14.1. The lowest BCUT2D eigenvalue weighted by molar-refractivity contribution is -0.144. The molecule has 5 nitrogen and oxygen atoms in total. The Balaban J connectivity index is 2.77. The van der Waals surface area contributed by atoms with Crippen LogP contribution < -0.4 is 5.56 Å². The van der Waals surface area contributed by atoms with Gasteiger partial charge in [-0.1, -0.05) is 25.6 Å². The number of aryl methyl sites for hydroxylation is 1. The number of aromatic nitrogens is 2. The number of H-pyrrole nitrogens is 1. The molecule has 0 aliphatic rings. The summed E-state index contributed by atoms with van der Waals surface area (Å²) in [6.45, 7) is 5.44. The molecule has 0 fully saturated rings. The number of hydrogen-bond donors (Lipinski definition) is 1. The van der Waals surface area contributed by atoms with Gasteiger partial charge in [-0.3, -0.25) is 9.59 Å². The van der Waals surface area contributed by atoms with Gasteiger partial charge in [0, 0.05) is 17.0 Å². The Hall–Kier alpha value is -1.30. The van der Waals surface area contributed by atoms with E-state index in [9.17, 15) is 9.59 Å². The number of aromatic amines is 1. The summed E-state index contributed by atoms with van der Waals surface area (Å²) < 4.78 is 4.67. The van der Waals surface area contributed by atoms with Crippen LogP contribution in [0.2, 0.25) is 0 Å². The summed E-state index contributed by atoms with van der Waals surface area (Å²) in [7, 11) is 1.36. The lowest BCUT2D eigenvalue weighted by atomic mass is 10.1. The first kappa shape index (κ1) is 13.8. The first-order valence-corrected chi connectivity index (χ1v) is 6.14. The molecular weight excluding hydrogens is 240 g/mol. The van der Waals surface area contributed by atoms with Crippen LogP contribution in [0.15, 0.2) is 16.0 Å². The van der Waals surface area contributed by atoms with Crippen LogP contribution in [0.25, 0.3) is 0 Å². The van der Waals surface area contributed by atoms with Crippen molar-refractivity contribution < 1.29 is 9.53 Å². The number of ether oxygens (including phenoxy) is 1. The molecule has 0 aliphatic heterocycles. The third-order valence-electron chi connectivity index (χ3n) is 2.42. The van der Waals surface area contributed by atoms with Crippen LogP contribution in [0.4, 0.5) is 0 Å². The van der Waals surface area contributed by atoms with Gasteiger partial charge in [0.05, 0.1) is 13.0 Å². The predicted octanol–water partition coefficient (Wildman–Crippen LogP) is 1.37. The van der Waals surface area contributed by atoms with Crippen molar-refractivity contribution in [1.82, 2.24) is 9.97 Å². The number of nitrogens with zero attached hydrogens (tertiary/aromatic N) is 1. The fourth-order valence-corrected chi connectivity index (χ4v) is 2.29. The molecule has 94 valence electrons. The first-order chi connectivity index (χ1) is 7.93. The molecule has 1 aromatic heterocycles. The second-order valence-electron chi connectivity index (χ2n) is 3.83. The first-order valence-electron chi connectivity index (χ1n) is 5.26. The number of carbonyl (C=O) groups is 1. The predicted molar refractivity (Wildman–Crippen MR) is 66.1 cm³/mol. The van der Waals surface area contributed by atoms with Crippen LogP contribution >= 0.6 is 11.8 Å². The molecule has 0 radical (unpaired) electrons. The minimum absolute atomic E-state index is 0.0209. The van der Waals surface area contributed by atoms with Crippen molar-refractivity contribution in [3.05, 3.63) is 22.1 Å². The summed E-state index contributed by atoms with van der Waals surface area (Å²) in [5, 5.41) is 0.505. The van der Waals surface area contributed by atoms with Gasteiger partial charge < -0.3 is 9.72 Å². The van der Waals surface area contributed by atoms with Crippen molar-refractivity contribution in [3.63, 3.8) is 0 Å². The molecule has 2 atom stereocenters. The van der Waals surface area contributed by atoms with E-state index >= 15 is 0 Å². The average Bonchev–Trinajstić information content (AvgIpc) is 2.25. The van der Waals surface area contributed by atoms with E-state index in [1.54, 1.807) is 13.8 Å². The summed E-state index contributed by atoms with van der Waals surface area (Å²) in [6, 6.07) is 1.43. The summed E-state index contributed by atoms with van der Waals surface area (Å²) in [5.74, 6) is -0.518. The van der Waals surface area contributed by atoms with Gasteiger partial charge in [0.15, 0.2) is 5.16 Å². The molecule has 1 aromatic rings.